The largest absolute Gasteiger partial charge is 0.416 e. The Kier molecular flexibility index (Phi) is 6.72. The van der Waals surface area contributed by atoms with Crippen molar-refractivity contribution in [1.82, 2.24) is 9.62 Å². The molecule has 1 N–H and O–H groups in total. The highest BCUT2D eigenvalue weighted by Gasteiger charge is 2.32. The predicted octanol–water partition coefficient (Wildman–Crippen LogP) is 3.98. The van der Waals surface area contributed by atoms with Gasteiger partial charge in [0.25, 0.3) is 5.91 Å². The number of nitrogens with one attached hydrogen (secondary N) is 1. The zero-order valence-corrected chi connectivity index (χ0v) is 17.3. The van der Waals surface area contributed by atoms with E-state index in [4.69, 9.17) is 6.42 Å². The fraction of sp³-hybridized carbons (Fsp3) is 0.318. The van der Waals surface area contributed by atoms with Gasteiger partial charge in [-0.1, -0.05) is 24.1 Å². The van der Waals surface area contributed by atoms with Crippen LogP contribution in [0.15, 0.2) is 53.4 Å². The first kappa shape index (κ1) is 22.8. The van der Waals surface area contributed by atoms with Gasteiger partial charge in [-0.05, 0) is 55.2 Å². The number of benzene rings is 2. The number of carbonyl (C=O) groups excluding carboxylic acids is 1. The van der Waals surface area contributed by atoms with Crippen molar-refractivity contribution < 1.29 is 26.4 Å². The molecule has 3 rings (SSSR count). The van der Waals surface area contributed by atoms with E-state index in [-0.39, 0.29) is 29.0 Å². The van der Waals surface area contributed by atoms with Gasteiger partial charge in [0.15, 0.2) is 0 Å². The summed E-state index contributed by atoms with van der Waals surface area (Å²) in [5.41, 5.74) is 0.0465. The van der Waals surface area contributed by atoms with E-state index in [0.29, 0.717) is 18.5 Å². The van der Waals surface area contributed by atoms with Crippen molar-refractivity contribution in [3.05, 3.63) is 65.2 Å². The first-order valence-electron chi connectivity index (χ1n) is 9.65. The lowest BCUT2D eigenvalue weighted by molar-refractivity contribution is -0.137. The fourth-order valence-corrected chi connectivity index (χ4v) is 4.58. The summed E-state index contributed by atoms with van der Waals surface area (Å²) < 4.78 is 65.5. The second-order valence-electron chi connectivity index (χ2n) is 7.19. The van der Waals surface area contributed by atoms with Crippen LogP contribution in [-0.4, -0.2) is 32.3 Å². The molecule has 0 radical (unpaired) electrons. The summed E-state index contributed by atoms with van der Waals surface area (Å²) >= 11 is 0. The molecule has 1 aliphatic rings. The monoisotopic (exact) mass is 450 g/mol. The Labute approximate surface area is 179 Å². The Bertz CT molecular complexity index is 1090. The molecule has 31 heavy (non-hydrogen) atoms. The molecule has 0 aliphatic carbocycles. The van der Waals surface area contributed by atoms with Crippen molar-refractivity contribution in [3.8, 4) is 12.3 Å². The van der Waals surface area contributed by atoms with Crippen molar-refractivity contribution in [2.24, 2.45) is 0 Å². The smallest absolute Gasteiger partial charge is 0.332 e. The Morgan fingerprint density at radius 1 is 1.16 bits per heavy atom. The summed E-state index contributed by atoms with van der Waals surface area (Å²) in [6.07, 6.45) is 2.86. The molecule has 1 unspecified atom stereocenters. The van der Waals surface area contributed by atoms with Crippen molar-refractivity contribution in [2.75, 3.05) is 13.1 Å². The standard InChI is InChI=1S/C22H21F3N2O3S/c1-2-13-26-31(29,30)19-7-5-6-17(15-19)21(28)27-14-4-3-8-20(27)16-9-11-18(12-10-16)22(23,24)25/h1,5-7,9-12,15,20,26H,3-4,8,13-14H2. The van der Waals surface area contributed by atoms with Gasteiger partial charge in [0.1, 0.15) is 0 Å². The van der Waals surface area contributed by atoms with E-state index in [0.717, 1.165) is 25.0 Å². The minimum absolute atomic E-state index is 0.0864. The number of sulfonamides is 1. The number of carbonyl (C=O) groups is 1. The number of hydrogen-bond acceptors (Lipinski definition) is 3. The molecule has 0 aromatic heterocycles. The Morgan fingerprint density at radius 2 is 1.87 bits per heavy atom. The molecule has 1 saturated heterocycles. The molecule has 1 atom stereocenters. The van der Waals surface area contributed by atoms with Gasteiger partial charge in [-0.3, -0.25) is 4.79 Å². The number of alkyl halides is 3. The van der Waals surface area contributed by atoms with Gasteiger partial charge in [-0.25, -0.2) is 8.42 Å². The summed E-state index contributed by atoms with van der Waals surface area (Å²) in [6.45, 7) is 0.249. The van der Waals surface area contributed by atoms with E-state index in [1.54, 1.807) is 4.90 Å². The van der Waals surface area contributed by atoms with E-state index in [1.807, 2.05) is 0 Å². The van der Waals surface area contributed by atoms with E-state index in [1.165, 1.54) is 36.4 Å². The number of nitrogens with zero attached hydrogens (tertiary/aromatic N) is 1. The lowest BCUT2D eigenvalue weighted by Gasteiger charge is -2.36. The zero-order chi connectivity index (χ0) is 22.6. The van der Waals surface area contributed by atoms with Crippen LogP contribution in [0.1, 0.15) is 46.8 Å². The second kappa shape index (κ2) is 9.12. The van der Waals surface area contributed by atoms with Crippen LogP contribution in [0.5, 0.6) is 0 Å². The zero-order valence-electron chi connectivity index (χ0n) is 16.5. The average Bonchev–Trinajstić information content (AvgIpc) is 2.77. The van der Waals surface area contributed by atoms with E-state index in [2.05, 4.69) is 10.6 Å². The summed E-state index contributed by atoms with van der Waals surface area (Å²) in [7, 11) is -3.86. The minimum atomic E-state index is -4.43. The number of hydrogen-bond donors (Lipinski definition) is 1. The van der Waals surface area contributed by atoms with Gasteiger partial charge >= 0.3 is 6.18 Å². The van der Waals surface area contributed by atoms with Crippen molar-refractivity contribution >= 4 is 15.9 Å². The van der Waals surface area contributed by atoms with E-state index in [9.17, 15) is 26.4 Å². The van der Waals surface area contributed by atoms with Crippen LogP contribution in [0, 0.1) is 12.3 Å². The maximum atomic E-state index is 13.2. The molecule has 2 aromatic rings. The van der Waals surface area contributed by atoms with Crippen LogP contribution < -0.4 is 4.72 Å². The Balaban J connectivity index is 1.88. The second-order valence-corrected chi connectivity index (χ2v) is 8.95. The summed E-state index contributed by atoms with van der Waals surface area (Å²) in [4.78, 5) is 14.7. The van der Waals surface area contributed by atoms with Crippen LogP contribution >= 0.6 is 0 Å². The molecule has 2 aromatic carbocycles. The molecule has 1 fully saturated rings. The van der Waals surface area contributed by atoms with Crippen LogP contribution in [0.4, 0.5) is 13.2 Å². The fourth-order valence-electron chi connectivity index (χ4n) is 3.60. The van der Waals surface area contributed by atoms with Crippen LogP contribution in [0.2, 0.25) is 0 Å². The predicted molar refractivity (Wildman–Crippen MR) is 110 cm³/mol. The number of piperidine rings is 1. The SMILES string of the molecule is C#CCNS(=O)(=O)c1cccc(C(=O)N2CCCCC2c2ccc(C(F)(F)F)cc2)c1. The highest BCUT2D eigenvalue weighted by atomic mass is 32.2. The summed E-state index contributed by atoms with van der Waals surface area (Å²) in [5.74, 6) is 1.81. The molecule has 0 bridgehead atoms. The normalized spacial score (nSPS) is 17.2. The summed E-state index contributed by atoms with van der Waals surface area (Å²) in [5, 5.41) is 0. The van der Waals surface area contributed by atoms with Crippen LogP contribution in [0.3, 0.4) is 0 Å². The van der Waals surface area contributed by atoms with Crippen molar-refractivity contribution in [1.29, 1.82) is 0 Å². The number of halogens is 3. The van der Waals surface area contributed by atoms with E-state index >= 15 is 0 Å². The minimum Gasteiger partial charge on any atom is -0.332 e. The average molecular weight is 450 g/mol. The van der Waals surface area contributed by atoms with Gasteiger partial charge < -0.3 is 4.90 Å². The van der Waals surface area contributed by atoms with Gasteiger partial charge in [0.2, 0.25) is 10.0 Å². The Hall–Kier alpha value is -2.83. The molecule has 0 spiro atoms. The quantitative estimate of drug-likeness (QED) is 0.701. The maximum absolute atomic E-state index is 13.2. The maximum Gasteiger partial charge on any atom is 0.416 e. The van der Waals surface area contributed by atoms with Gasteiger partial charge in [-0.15, -0.1) is 6.42 Å². The molecule has 1 heterocycles. The third-order valence-corrected chi connectivity index (χ3v) is 6.54. The molecule has 5 nitrogen and oxygen atoms in total. The first-order chi connectivity index (χ1) is 14.6. The molecular formula is C22H21F3N2O3S. The number of terminal acetylenes is 1. The third-order valence-electron chi connectivity index (χ3n) is 5.14. The van der Waals surface area contributed by atoms with Crippen LogP contribution in [-0.2, 0) is 16.2 Å². The molecule has 164 valence electrons. The molecule has 9 heteroatoms. The lowest BCUT2D eigenvalue weighted by atomic mass is 9.93. The number of amides is 1. The van der Waals surface area contributed by atoms with Crippen LogP contribution in [0.25, 0.3) is 0 Å². The van der Waals surface area contributed by atoms with Gasteiger partial charge in [0.05, 0.1) is 23.0 Å². The highest BCUT2D eigenvalue weighted by molar-refractivity contribution is 7.89. The summed E-state index contributed by atoms with van der Waals surface area (Å²) in [6, 6.07) is 10.0. The molecular weight excluding hydrogens is 429 g/mol. The molecule has 1 amide bonds. The topological polar surface area (TPSA) is 66.5 Å². The lowest BCUT2D eigenvalue weighted by Crippen LogP contribution is -2.38. The molecule has 0 saturated carbocycles. The van der Waals surface area contributed by atoms with Gasteiger partial charge in [-0.2, -0.15) is 17.9 Å². The third kappa shape index (κ3) is 5.27. The molecule has 1 aliphatic heterocycles. The number of likely N-dealkylation sites (tertiary alicyclic amines) is 1. The van der Waals surface area contributed by atoms with Gasteiger partial charge in [0, 0.05) is 12.1 Å². The first-order valence-corrected chi connectivity index (χ1v) is 11.1. The number of rotatable bonds is 5. The highest BCUT2D eigenvalue weighted by Crippen LogP contribution is 2.35. The van der Waals surface area contributed by atoms with Crippen molar-refractivity contribution in [3.63, 3.8) is 0 Å². The Morgan fingerprint density at radius 3 is 2.52 bits per heavy atom. The van der Waals surface area contributed by atoms with E-state index < -0.39 is 21.8 Å². The van der Waals surface area contributed by atoms with Crippen molar-refractivity contribution in [2.45, 2.75) is 36.4 Å².